The predicted octanol–water partition coefficient (Wildman–Crippen LogP) is 5.43. The van der Waals surface area contributed by atoms with E-state index >= 15 is 0 Å². The molecule has 0 saturated heterocycles. The van der Waals surface area contributed by atoms with Gasteiger partial charge in [-0.15, -0.1) is 0 Å². The van der Waals surface area contributed by atoms with Gasteiger partial charge in [0.25, 0.3) is 5.91 Å². The van der Waals surface area contributed by atoms with Gasteiger partial charge in [-0.1, -0.05) is 57.2 Å². The van der Waals surface area contributed by atoms with E-state index in [-0.39, 0.29) is 17.6 Å². The number of phenolic OH excluding ortho intramolecular Hbond substituents is 1. The van der Waals surface area contributed by atoms with Crippen molar-refractivity contribution in [1.29, 1.82) is 0 Å². The zero-order chi connectivity index (χ0) is 29.9. The summed E-state index contributed by atoms with van der Waals surface area (Å²) in [7, 11) is 0. The number of aromatic nitrogens is 3. The predicted molar refractivity (Wildman–Crippen MR) is 163 cm³/mol. The van der Waals surface area contributed by atoms with Gasteiger partial charge in [0.05, 0.1) is 23.1 Å². The number of imide groups is 1. The maximum Gasteiger partial charge on any atom is 0.257 e. The first-order valence-electron chi connectivity index (χ1n) is 13.7. The lowest BCUT2D eigenvalue weighted by atomic mass is 9.87. The molecule has 0 bridgehead atoms. The highest BCUT2D eigenvalue weighted by Crippen LogP contribution is 2.30. The summed E-state index contributed by atoms with van der Waals surface area (Å²) in [5.74, 6) is -1.000. The van der Waals surface area contributed by atoms with Gasteiger partial charge < -0.3 is 10.8 Å². The number of aromatic hydroxyl groups is 1. The van der Waals surface area contributed by atoms with Crippen LogP contribution in [0, 0.1) is 0 Å². The van der Waals surface area contributed by atoms with E-state index in [4.69, 9.17) is 10.8 Å². The second-order valence-corrected chi connectivity index (χ2v) is 11.2. The molecule has 2 heterocycles. The van der Waals surface area contributed by atoms with Crippen LogP contribution in [-0.4, -0.2) is 37.7 Å². The zero-order valence-corrected chi connectivity index (χ0v) is 23.8. The number of pyridine rings is 1. The highest BCUT2D eigenvalue weighted by molar-refractivity contribution is 6.06. The lowest BCUT2D eigenvalue weighted by Crippen LogP contribution is -2.44. The van der Waals surface area contributed by atoms with Crippen molar-refractivity contribution in [3.8, 4) is 34.0 Å². The molecule has 0 aliphatic heterocycles. The fourth-order valence-corrected chi connectivity index (χ4v) is 4.62. The summed E-state index contributed by atoms with van der Waals surface area (Å²) in [5.41, 5.74) is 12.4. The van der Waals surface area contributed by atoms with Crippen molar-refractivity contribution in [2.75, 3.05) is 0 Å². The van der Waals surface area contributed by atoms with Crippen molar-refractivity contribution >= 4 is 11.8 Å². The molecule has 1 unspecified atom stereocenters. The van der Waals surface area contributed by atoms with Crippen LogP contribution in [0.25, 0.3) is 28.2 Å². The number of rotatable bonds is 7. The van der Waals surface area contributed by atoms with Gasteiger partial charge in [0.15, 0.2) is 0 Å². The van der Waals surface area contributed by atoms with Crippen LogP contribution in [0.1, 0.15) is 42.3 Å². The largest absolute Gasteiger partial charge is 0.508 e. The van der Waals surface area contributed by atoms with Crippen molar-refractivity contribution in [3.05, 3.63) is 120 Å². The summed E-state index contributed by atoms with van der Waals surface area (Å²) in [6.07, 6.45) is 3.70. The standard InChI is InChI=1S/C34H33N5O3/c1-34(2,3)26-11-13-27(14-12-26)39-31(20-30(38-39)25-8-5-17-36-21-25)23-6-4-7-24(19-23)32(41)37-33(42)29(35)18-22-9-15-28(40)16-10-22/h4-17,19-21,29,40H,18,35H2,1-3H3,(H,37,41,42). The molecule has 0 spiro atoms. The summed E-state index contributed by atoms with van der Waals surface area (Å²) < 4.78 is 1.85. The molecule has 0 saturated carbocycles. The Bertz CT molecular complexity index is 1700. The average molecular weight is 560 g/mol. The minimum atomic E-state index is -0.929. The van der Waals surface area contributed by atoms with Gasteiger partial charge in [0.2, 0.25) is 5.91 Å². The first-order chi connectivity index (χ1) is 20.1. The molecule has 0 radical (unpaired) electrons. The molecule has 4 N–H and O–H groups in total. The number of phenols is 1. The summed E-state index contributed by atoms with van der Waals surface area (Å²) in [6, 6.07) is 26.6. The van der Waals surface area contributed by atoms with E-state index in [1.807, 2.05) is 41.1 Å². The van der Waals surface area contributed by atoms with Crippen molar-refractivity contribution in [2.45, 2.75) is 38.6 Å². The van der Waals surface area contributed by atoms with Crippen LogP contribution in [0.15, 0.2) is 103 Å². The van der Waals surface area contributed by atoms with Gasteiger partial charge in [0.1, 0.15) is 5.75 Å². The molecule has 5 rings (SSSR count). The SMILES string of the molecule is CC(C)(C)c1ccc(-n2nc(-c3cccnc3)cc2-c2cccc(C(=O)NC(=O)C(N)Cc3ccc(O)cc3)c2)cc1. The molecule has 0 aliphatic rings. The quantitative estimate of drug-likeness (QED) is 0.244. The third-order valence-electron chi connectivity index (χ3n) is 7.03. The maximum atomic E-state index is 13.1. The van der Waals surface area contributed by atoms with Crippen LogP contribution in [0.5, 0.6) is 5.75 Å². The number of benzene rings is 3. The topological polar surface area (TPSA) is 123 Å². The molecule has 42 heavy (non-hydrogen) atoms. The molecule has 2 aromatic heterocycles. The van der Waals surface area contributed by atoms with Crippen LogP contribution in [0.3, 0.4) is 0 Å². The van der Waals surface area contributed by atoms with E-state index < -0.39 is 17.9 Å². The summed E-state index contributed by atoms with van der Waals surface area (Å²) >= 11 is 0. The molecule has 8 heteroatoms. The van der Waals surface area contributed by atoms with Crippen molar-refractivity contribution in [3.63, 3.8) is 0 Å². The molecule has 3 aromatic carbocycles. The van der Waals surface area contributed by atoms with E-state index in [1.54, 1.807) is 42.7 Å². The van der Waals surface area contributed by atoms with Gasteiger partial charge in [-0.3, -0.25) is 19.9 Å². The average Bonchev–Trinajstić information content (AvgIpc) is 3.44. The number of hydrogen-bond donors (Lipinski definition) is 3. The minimum Gasteiger partial charge on any atom is -0.508 e. The minimum absolute atomic E-state index is 0.0120. The Balaban J connectivity index is 1.43. The molecule has 212 valence electrons. The molecule has 0 fully saturated rings. The Labute approximate surface area is 244 Å². The Hall–Kier alpha value is -5.08. The third kappa shape index (κ3) is 6.45. The van der Waals surface area contributed by atoms with Crippen LogP contribution in [-0.2, 0) is 16.6 Å². The van der Waals surface area contributed by atoms with Crippen LogP contribution >= 0.6 is 0 Å². The normalized spacial score (nSPS) is 12.1. The smallest absolute Gasteiger partial charge is 0.257 e. The zero-order valence-electron chi connectivity index (χ0n) is 23.8. The number of hydrogen-bond acceptors (Lipinski definition) is 6. The van der Waals surface area contributed by atoms with E-state index in [2.05, 4.69) is 43.2 Å². The highest BCUT2D eigenvalue weighted by atomic mass is 16.3. The van der Waals surface area contributed by atoms with Crippen LogP contribution in [0.4, 0.5) is 0 Å². The number of carbonyl (C=O) groups excluding carboxylic acids is 2. The highest BCUT2D eigenvalue weighted by Gasteiger charge is 2.20. The number of nitrogens with zero attached hydrogens (tertiary/aromatic N) is 3. The van der Waals surface area contributed by atoms with Crippen molar-refractivity contribution in [1.82, 2.24) is 20.1 Å². The Morgan fingerprint density at radius 1 is 0.929 bits per heavy atom. The molecule has 1 atom stereocenters. The first kappa shape index (κ1) is 28.4. The van der Waals surface area contributed by atoms with Crippen molar-refractivity contribution in [2.24, 2.45) is 5.73 Å². The summed E-state index contributed by atoms with van der Waals surface area (Å²) in [4.78, 5) is 30.1. The van der Waals surface area contributed by atoms with Gasteiger partial charge in [-0.05, 0) is 77.6 Å². The van der Waals surface area contributed by atoms with E-state index in [1.165, 1.54) is 17.7 Å². The van der Waals surface area contributed by atoms with Crippen LogP contribution in [0.2, 0.25) is 0 Å². The fraction of sp³-hybridized carbons (Fsp3) is 0.176. The number of nitrogens with one attached hydrogen (secondary N) is 1. The maximum absolute atomic E-state index is 13.1. The van der Waals surface area contributed by atoms with E-state index in [0.29, 0.717) is 5.56 Å². The van der Waals surface area contributed by atoms with Crippen molar-refractivity contribution < 1.29 is 14.7 Å². The number of amides is 2. The molecule has 8 nitrogen and oxygen atoms in total. The number of carbonyl (C=O) groups is 2. The lowest BCUT2D eigenvalue weighted by molar-refractivity contribution is -0.121. The lowest BCUT2D eigenvalue weighted by Gasteiger charge is -2.19. The Kier molecular flexibility index (Phi) is 7.99. The van der Waals surface area contributed by atoms with Gasteiger partial charge in [-0.2, -0.15) is 5.10 Å². The fourth-order valence-electron chi connectivity index (χ4n) is 4.62. The molecular formula is C34H33N5O3. The number of nitrogens with two attached hydrogens (primary N) is 1. The monoisotopic (exact) mass is 559 g/mol. The van der Waals surface area contributed by atoms with Gasteiger partial charge >= 0.3 is 0 Å². The third-order valence-corrected chi connectivity index (χ3v) is 7.03. The summed E-state index contributed by atoms with van der Waals surface area (Å²) in [5, 5.41) is 16.8. The second-order valence-electron chi connectivity index (χ2n) is 11.2. The van der Waals surface area contributed by atoms with E-state index in [0.717, 1.165) is 33.8 Å². The molecular weight excluding hydrogens is 526 g/mol. The van der Waals surface area contributed by atoms with Gasteiger partial charge in [-0.25, -0.2) is 4.68 Å². The second kappa shape index (κ2) is 11.8. The first-order valence-corrected chi connectivity index (χ1v) is 13.7. The summed E-state index contributed by atoms with van der Waals surface area (Å²) in [6.45, 7) is 6.51. The Morgan fingerprint density at radius 3 is 2.31 bits per heavy atom. The van der Waals surface area contributed by atoms with Crippen LogP contribution < -0.4 is 11.1 Å². The Morgan fingerprint density at radius 2 is 1.64 bits per heavy atom. The van der Waals surface area contributed by atoms with E-state index in [9.17, 15) is 14.7 Å². The molecule has 0 aliphatic carbocycles. The molecule has 2 amide bonds. The molecule has 5 aromatic rings. The van der Waals surface area contributed by atoms with Gasteiger partial charge in [0, 0.05) is 29.1 Å².